The summed E-state index contributed by atoms with van der Waals surface area (Å²) >= 11 is 0. The van der Waals surface area contributed by atoms with E-state index in [0.717, 1.165) is 12.5 Å². The highest BCUT2D eigenvalue weighted by Gasteiger charge is 2.27. The van der Waals surface area contributed by atoms with E-state index in [0.29, 0.717) is 12.0 Å². The Hall–Kier alpha value is -0.860. The zero-order valence-corrected chi connectivity index (χ0v) is 12.4. The van der Waals surface area contributed by atoms with Gasteiger partial charge in [0.1, 0.15) is 0 Å². The van der Waals surface area contributed by atoms with Crippen molar-refractivity contribution in [2.24, 2.45) is 11.7 Å². The van der Waals surface area contributed by atoms with Crippen molar-refractivity contribution in [3.8, 4) is 0 Å². The van der Waals surface area contributed by atoms with Crippen molar-refractivity contribution in [2.75, 3.05) is 19.6 Å². The molecule has 1 aliphatic heterocycles. The van der Waals surface area contributed by atoms with Crippen molar-refractivity contribution in [3.63, 3.8) is 0 Å². The van der Waals surface area contributed by atoms with E-state index in [9.17, 15) is 0 Å². The predicted octanol–water partition coefficient (Wildman–Crippen LogP) is 3.24. The quantitative estimate of drug-likeness (QED) is 0.880. The Bertz CT molecular complexity index is 363. The highest BCUT2D eigenvalue weighted by atomic mass is 15.2. The fraction of sp³-hybridized carbons (Fsp3) is 0.647. The number of nitrogens with zero attached hydrogens (tertiary/aromatic N) is 1. The second-order valence-corrected chi connectivity index (χ2v) is 6.06. The SMILES string of the molecule is CC(CCN1CCCC(C)C1CN)c1ccccc1. The lowest BCUT2D eigenvalue weighted by molar-refractivity contribution is 0.103. The van der Waals surface area contributed by atoms with Gasteiger partial charge in [-0.05, 0) is 49.8 Å². The summed E-state index contributed by atoms with van der Waals surface area (Å²) in [4.78, 5) is 2.62. The Balaban J connectivity index is 1.87. The van der Waals surface area contributed by atoms with Crippen LogP contribution in [0.25, 0.3) is 0 Å². The van der Waals surface area contributed by atoms with Crippen molar-refractivity contribution in [2.45, 2.75) is 45.1 Å². The first kappa shape index (κ1) is 14.5. The maximum Gasteiger partial charge on any atom is 0.0243 e. The van der Waals surface area contributed by atoms with Crippen molar-refractivity contribution >= 4 is 0 Å². The average molecular weight is 260 g/mol. The zero-order chi connectivity index (χ0) is 13.7. The van der Waals surface area contributed by atoms with Crippen LogP contribution in [-0.4, -0.2) is 30.6 Å². The Labute approximate surface area is 118 Å². The molecule has 1 aromatic rings. The van der Waals surface area contributed by atoms with Crippen LogP contribution in [0.3, 0.4) is 0 Å². The van der Waals surface area contributed by atoms with Crippen molar-refractivity contribution in [1.82, 2.24) is 4.90 Å². The van der Waals surface area contributed by atoms with Gasteiger partial charge in [-0.25, -0.2) is 0 Å². The van der Waals surface area contributed by atoms with Gasteiger partial charge in [-0.15, -0.1) is 0 Å². The van der Waals surface area contributed by atoms with E-state index in [4.69, 9.17) is 5.73 Å². The van der Waals surface area contributed by atoms with Crippen LogP contribution in [0.15, 0.2) is 30.3 Å². The molecule has 0 spiro atoms. The van der Waals surface area contributed by atoms with E-state index in [2.05, 4.69) is 49.1 Å². The lowest BCUT2D eigenvalue weighted by atomic mass is 9.89. The summed E-state index contributed by atoms with van der Waals surface area (Å²) in [6, 6.07) is 11.4. The largest absolute Gasteiger partial charge is 0.329 e. The van der Waals surface area contributed by atoms with Crippen LogP contribution in [0.5, 0.6) is 0 Å². The molecule has 2 rings (SSSR count). The number of rotatable bonds is 5. The average Bonchev–Trinajstić information content (AvgIpc) is 2.45. The second-order valence-electron chi connectivity index (χ2n) is 6.06. The molecular weight excluding hydrogens is 232 g/mol. The Morgan fingerprint density at radius 2 is 2.05 bits per heavy atom. The number of hydrogen-bond donors (Lipinski definition) is 1. The number of nitrogens with two attached hydrogens (primary N) is 1. The molecule has 106 valence electrons. The van der Waals surface area contributed by atoms with Gasteiger partial charge in [0, 0.05) is 12.6 Å². The van der Waals surface area contributed by atoms with Crippen molar-refractivity contribution in [3.05, 3.63) is 35.9 Å². The first-order valence-corrected chi connectivity index (χ1v) is 7.71. The highest BCUT2D eigenvalue weighted by molar-refractivity contribution is 5.18. The predicted molar refractivity (Wildman–Crippen MR) is 82.3 cm³/mol. The molecule has 0 bridgehead atoms. The minimum absolute atomic E-state index is 0.594. The Morgan fingerprint density at radius 1 is 1.32 bits per heavy atom. The van der Waals surface area contributed by atoms with Crippen LogP contribution >= 0.6 is 0 Å². The van der Waals surface area contributed by atoms with Gasteiger partial charge in [0.25, 0.3) is 0 Å². The molecule has 1 heterocycles. The summed E-state index contributed by atoms with van der Waals surface area (Å²) < 4.78 is 0. The summed E-state index contributed by atoms with van der Waals surface area (Å²) in [5.41, 5.74) is 7.42. The number of hydrogen-bond acceptors (Lipinski definition) is 2. The normalized spacial score (nSPS) is 26.3. The minimum atomic E-state index is 0.594. The van der Waals surface area contributed by atoms with Crippen LogP contribution in [-0.2, 0) is 0 Å². The smallest absolute Gasteiger partial charge is 0.0243 e. The summed E-state index contributed by atoms with van der Waals surface area (Å²) in [5.74, 6) is 1.39. The lowest BCUT2D eigenvalue weighted by Crippen LogP contribution is -2.49. The molecule has 1 fully saturated rings. The fourth-order valence-electron chi connectivity index (χ4n) is 3.30. The fourth-order valence-corrected chi connectivity index (χ4v) is 3.30. The number of likely N-dealkylation sites (tertiary alicyclic amines) is 1. The van der Waals surface area contributed by atoms with Crippen LogP contribution < -0.4 is 5.73 Å². The molecule has 2 nitrogen and oxygen atoms in total. The third kappa shape index (κ3) is 3.80. The van der Waals surface area contributed by atoms with Gasteiger partial charge in [0.15, 0.2) is 0 Å². The molecule has 1 aromatic carbocycles. The molecule has 0 amide bonds. The van der Waals surface area contributed by atoms with Crippen LogP contribution in [0.2, 0.25) is 0 Å². The molecule has 1 saturated heterocycles. The van der Waals surface area contributed by atoms with E-state index >= 15 is 0 Å². The molecule has 0 aromatic heterocycles. The zero-order valence-electron chi connectivity index (χ0n) is 12.4. The first-order valence-electron chi connectivity index (χ1n) is 7.71. The van der Waals surface area contributed by atoms with Crippen molar-refractivity contribution < 1.29 is 0 Å². The number of benzene rings is 1. The summed E-state index contributed by atoms with van der Waals surface area (Å²) in [7, 11) is 0. The molecule has 1 aliphatic rings. The molecular formula is C17H28N2. The molecule has 0 saturated carbocycles. The van der Waals surface area contributed by atoms with Crippen LogP contribution in [0.4, 0.5) is 0 Å². The molecule has 3 unspecified atom stereocenters. The number of piperidine rings is 1. The van der Waals surface area contributed by atoms with E-state index < -0.39 is 0 Å². The van der Waals surface area contributed by atoms with Crippen molar-refractivity contribution in [1.29, 1.82) is 0 Å². The van der Waals surface area contributed by atoms with Gasteiger partial charge >= 0.3 is 0 Å². The molecule has 2 N–H and O–H groups in total. The van der Waals surface area contributed by atoms with Gasteiger partial charge in [-0.2, -0.15) is 0 Å². The molecule has 0 radical (unpaired) electrons. The van der Waals surface area contributed by atoms with Gasteiger partial charge in [0.05, 0.1) is 0 Å². The first-order chi connectivity index (χ1) is 9.22. The maximum atomic E-state index is 5.96. The second kappa shape index (κ2) is 7.06. The van der Waals surface area contributed by atoms with E-state index in [1.165, 1.54) is 37.9 Å². The van der Waals surface area contributed by atoms with Gasteiger partial charge in [-0.1, -0.05) is 44.2 Å². The standard InChI is InChI=1S/C17H28N2/c1-14(16-8-4-3-5-9-16)10-12-19-11-6-7-15(2)17(19)13-18/h3-5,8-9,14-15,17H,6-7,10-13,18H2,1-2H3. The van der Waals surface area contributed by atoms with Crippen LogP contribution in [0.1, 0.15) is 44.6 Å². The highest BCUT2D eigenvalue weighted by Crippen LogP contribution is 2.25. The molecule has 0 aliphatic carbocycles. The van der Waals surface area contributed by atoms with Gasteiger partial charge < -0.3 is 5.73 Å². The maximum absolute atomic E-state index is 5.96. The van der Waals surface area contributed by atoms with E-state index in [1.54, 1.807) is 0 Å². The molecule has 2 heteroatoms. The monoisotopic (exact) mass is 260 g/mol. The Kier molecular flexibility index (Phi) is 5.41. The van der Waals surface area contributed by atoms with E-state index in [-0.39, 0.29) is 0 Å². The lowest BCUT2D eigenvalue weighted by Gasteiger charge is -2.40. The third-order valence-electron chi connectivity index (χ3n) is 4.69. The summed E-state index contributed by atoms with van der Waals surface area (Å²) in [5, 5.41) is 0. The summed E-state index contributed by atoms with van der Waals surface area (Å²) in [6.07, 6.45) is 3.90. The molecule has 19 heavy (non-hydrogen) atoms. The van der Waals surface area contributed by atoms with Gasteiger partial charge in [-0.3, -0.25) is 4.90 Å². The van der Waals surface area contributed by atoms with Gasteiger partial charge in [0.2, 0.25) is 0 Å². The summed E-state index contributed by atoms with van der Waals surface area (Å²) in [6.45, 7) is 7.90. The van der Waals surface area contributed by atoms with Crippen LogP contribution in [0, 0.1) is 5.92 Å². The Morgan fingerprint density at radius 3 is 2.74 bits per heavy atom. The minimum Gasteiger partial charge on any atom is -0.329 e. The van der Waals surface area contributed by atoms with E-state index in [1.807, 2.05) is 0 Å². The third-order valence-corrected chi connectivity index (χ3v) is 4.69. The topological polar surface area (TPSA) is 29.3 Å². The molecule has 3 atom stereocenters.